The minimum Gasteiger partial charge on any atom is -0.382 e. The van der Waals surface area contributed by atoms with Gasteiger partial charge in [-0.25, -0.2) is 15.0 Å². The fourth-order valence-electron chi connectivity index (χ4n) is 4.63. The quantitative estimate of drug-likeness (QED) is 0.850. The third kappa shape index (κ3) is 2.68. The third-order valence-electron chi connectivity index (χ3n) is 5.98. The molecule has 1 spiro atoms. The van der Waals surface area contributed by atoms with Crippen LogP contribution in [0.1, 0.15) is 31.9 Å². The molecule has 3 N–H and O–H groups in total. The Kier molecular flexibility index (Phi) is 3.65. The van der Waals surface area contributed by atoms with Crippen LogP contribution in [0.5, 0.6) is 0 Å². The smallest absolute Gasteiger partial charge is 0.167 e. The highest BCUT2D eigenvalue weighted by molar-refractivity contribution is 5.81. The summed E-state index contributed by atoms with van der Waals surface area (Å²) in [4.78, 5) is 15.3. The molecule has 0 aliphatic carbocycles. The van der Waals surface area contributed by atoms with E-state index in [-0.39, 0.29) is 12.3 Å². The fraction of sp³-hybridized carbons (Fsp3) is 0.706. The predicted molar refractivity (Wildman–Crippen MR) is 93.9 cm³/mol. The van der Waals surface area contributed by atoms with Gasteiger partial charge in [0.05, 0.1) is 12.4 Å². The molecule has 0 aromatic carbocycles. The average molecular weight is 343 g/mol. The largest absolute Gasteiger partial charge is 0.382 e. The van der Waals surface area contributed by atoms with Gasteiger partial charge < -0.3 is 20.7 Å². The summed E-state index contributed by atoms with van der Waals surface area (Å²) < 4.78 is 8.34. The maximum absolute atomic E-state index is 6.34. The van der Waals surface area contributed by atoms with E-state index < -0.39 is 0 Å². The summed E-state index contributed by atoms with van der Waals surface area (Å²) in [7, 11) is 0. The molecule has 2 atom stereocenters. The van der Waals surface area contributed by atoms with Gasteiger partial charge in [-0.2, -0.15) is 0 Å². The summed E-state index contributed by atoms with van der Waals surface area (Å²) >= 11 is 0. The standard InChI is InChI=1S/C17H25N7O/c18-15-14-16(21-10-20-15)24(11-22-14)13-3-2-12(25-13)6-23-5-1-4-17(9-23)7-19-8-17/h10-13,19H,1-9H2,(H2,18,20,21). The summed E-state index contributed by atoms with van der Waals surface area (Å²) in [5.74, 6) is 0.422. The molecule has 8 nitrogen and oxygen atoms in total. The second-order valence-electron chi connectivity index (χ2n) is 7.82. The van der Waals surface area contributed by atoms with Crippen LogP contribution in [-0.2, 0) is 4.74 Å². The monoisotopic (exact) mass is 343 g/mol. The first-order chi connectivity index (χ1) is 12.2. The highest BCUT2D eigenvalue weighted by atomic mass is 16.5. The topological polar surface area (TPSA) is 94.1 Å². The number of hydrogen-bond donors (Lipinski definition) is 2. The summed E-state index contributed by atoms with van der Waals surface area (Å²) in [6.45, 7) is 5.80. The van der Waals surface area contributed by atoms with Crippen molar-refractivity contribution < 1.29 is 4.74 Å². The first-order valence-electron chi connectivity index (χ1n) is 9.24. The van der Waals surface area contributed by atoms with Crippen molar-refractivity contribution in [2.45, 2.75) is 38.0 Å². The van der Waals surface area contributed by atoms with Gasteiger partial charge in [-0.05, 0) is 32.2 Å². The van der Waals surface area contributed by atoms with Crippen LogP contribution in [-0.4, -0.2) is 63.2 Å². The van der Waals surface area contributed by atoms with Gasteiger partial charge in [-0.15, -0.1) is 0 Å². The number of fused-ring (bicyclic) bond motifs is 1. The highest BCUT2D eigenvalue weighted by Gasteiger charge is 2.41. The van der Waals surface area contributed by atoms with Crippen molar-refractivity contribution in [3.63, 3.8) is 0 Å². The zero-order valence-electron chi connectivity index (χ0n) is 14.4. The Hall–Kier alpha value is -1.77. The highest BCUT2D eigenvalue weighted by Crippen LogP contribution is 2.35. The molecule has 0 radical (unpaired) electrons. The van der Waals surface area contributed by atoms with Crippen LogP contribution in [0.4, 0.5) is 5.82 Å². The molecule has 0 saturated carbocycles. The van der Waals surface area contributed by atoms with Gasteiger partial charge >= 0.3 is 0 Å². The summed E-state index contributed by atoms with van der Waals surface area (Å²) in [6.07, 6.45) is 8.28. The molecule has 134 valence electrons. The number of piperidine rings is 1. The van der Waals surface area contributed by atoms with Gasteiger partial charge in [0.1, 0.15) is 18.1 Å². The minimum absolute atomic E-state index is 0.00609. The Balaban J connectivity index is 1.26. The van der Waals surface area contributed by atoms with Gasteiger partial charge in [-0.3, -0.25) is 4.57 Å². The summed E-state index contributed by atoms with van der Waals surface area (Å²) in [6, 6.07) is 0. The lowest BCUT2D eigenvalue weighted by Gasteiger charge is -2.49. The van der Waals surface area contributed by atoms with Crippen LogP contribution >= 0.6 is 0 Å². The number of likely N-dealkylation sites (tertiary alicyclic amines) is 1. The van der Waals surface area contributed by atoms with E-state index in [9.17, 15) is 0 Å². The lowest BCUT2D eigenvalue weighted by atomic mass is 9.75. The minimum atomic E-state index is -0.00609. The molecule has 3 aliphatic heterocycles. The Labute approximate surface area is 146 Å². The van der Waals surface area contributed by atoms with E-state index in [4.69, 9.17) is 10.5 Å². The number of imidazole rings is 1. The number of hydrogen-bond acceptors (Lipinski definition) is 7. The van der Waals surface area contributed by atoms with Gasteiger partial charge in [0.2, 0.25) is 0 Å². The maximum Gasteiger partial charge on any atom is 0.167 e. The lowest BCUT2D eigenvalue weighted by molar-refractivity contribution is -0.0320. The first kappa shape index (κ1) is 15.5. The van der Waals surface area contributed by atoms with Crippen LogP contribution < -0.4 is 11.1 Å². The zero-order valence-corrected chi connectivity index (χ0v) is 14.4. The van der Waals surface area contributed by atoms with Crippen LogP contribution in [0.15, 0.2) is 12.7 Å². The van der Waals surface area contributed by atoms with Gasteiger partial charge in [0, 0.05) is 31.6 Å². The lowest BCUT2D eigenvalue weighted by Crippen LogP contribution is -2.61. The molecule has 5 heterocycles. The molecule has 2 aromatic heterocycles. The number of nitrogen functional groups attached to an aromatic ring is 1. The number of anilines is 1. The van der Waals surface area contributed by atoms with Gasteiger partial charge in [0.25, 0.3) is 0 Å². The van der Waals surface area contributed by atoms with E-state index in [2.05, 4.69) is 25.2 Å². The molecule has 8 heteroatoms. The second kappa shape index (κ2) is 5.89. The second-order valence-corrected chi connectivity index (χ2v) is 7.82. The first-order valence-corrected chi connectivity index (χ1v) is 9.24. The number of nitrogens with two attached hydrogens (primary N) is 1. The van der Waals surface area contributed by atoms with Crippen LogP contribution in [0.2, 0.25) is 0 Å². The molecule has 3 fully saturated rings. The maximum atomic E-state index is 6.34. The van der Waals surface area contributed by atoms with Crippen molar-refractivity contribution in [2.24, 2.45) is 5.41 Å². The number of ether oxygens (including phenoxy) is 1. The van der Waals surface area contributed by atoms with Crippen LogP contribution in [0.25, 0.3) is 11.2 Å². The van der Waals surface area contributed by atoms with Gasteiger partial charge in [0.15, 0.2) is 11.5 Å². The molecule has 25 heavy (non-hydrogen) atoms. The molecular weight excluding hydrogens is 318 g/mol. The number of nitrogens with one attached hydrogen (secondary N) is 1. The zero-order chi connectivity index (χ0) is 16.9. The molecule has 2 unspecified atom stereocenters. The molecule has 0 amide bonds. The van der Waals surface area contributed by atoms with Crippen molar-refractivity contribution in [3.05, 3.63) is 12.7 Å². The van der Waals surface area contributed by atoms with E-state index in [0.717, 1.165) is 25.0 Å². The number of rotatable bonds is 3. The Morgan fingerprint density at radius 3 is 3.04 bits per heavy atom. The van der Waals surface area contributed by atoms with Crippen molar-refractivity contribution >= 4 is 17.0 Å². The van der Waals surface area contributed by atoms with Crippen molar-refractivity contribution in [3.8, 4) is 0 Å². The molecule has 0 bridgehead atoms. The Morgan fingerprint density at radius 2 is 2.20 bits per heavy atom. The van der Waals surface area contributed by atoms with E-state index >= 15 is 0 Å². The van der Waals surface area contributed by atoms with Crippen LogP contribution in [0, 0.1) is 5.41 Å². The van der Waals surface area contributed by atoms with E-state index in [1.54, 1.807) is 6.33 Å². The molecule has 5 rings (SSSR count). The number of nitrogens with zero attached hydrogens (tertiary/aromatic N) is 5. The molecule has 3 aliphatic rings. The Bertz CT molecular complexity index is 771. The Morgan fingerprint density at radius 1 is 1.28 bits per heavy atom. The van der Waals surface area contributed by atoms with Gasteiger partial charge in [-0.1, -0.05) is 0 Å². The van der Waals surface area contributed by atoms with E-state index in [0.29, 0.717) is 16.7 Å². The molecular formula is C17H25N7O. The predicted octanol–water partition coefficient (Wildman–Crippen LogP) is 0.771. The van der Waals surface area contributed by atoms with E-state index in [1.165, 1.54) is 45.3 Å². The number of aromatic nitrogens is 4. The van der Waals surface area contributed by atoms with Crippen LogP contribution in [0.3, 0.4) is 0 Å². The summed E-state index contributed by atoms with van der Waals surface area (Å²) in [5.41, 5.74) is 7.83. The third-order valence-corrected chi connectivity index (χ3v) is 5.98. The van der Waals surface area contributed by atoms with Crippen molar-refractivity contribution in [1.82, 2.24) is 29.7 Å². The molecule has 2 aromatic rings. The normalized spacial score (nSPS) is 29.3. The van der Waals surface area contributed by atoms with Crippen molar-refractivity contribution in [1.29, 1.82) is 0 Å². The average Bonchev–Trinajstić information content (AvgIpc) is 3.21. The van der Waals surface area contributed by atoms with E-state index in [1.807, 2.05) is 4.57 Å². The SMILES string of the molecule is Nc1ncnc2c1ncn2C1CCC(CN2CCCC3(CNC3)C2)O1. The molecule has 3 saturated heterocycles. The van der Waals surface area contributed by atoms with Crippen molar-refractivity contribution in [2.75, 3.05) is 38.5 Å². The fourth-order valence-corrected chi connectivity index (χ4v) is 4.63. The summed E-state index contributed by atoms with van der Waals surface area (Å²) in [5, 5.41) is 3.44.